The van der Waals surface area contributed by atoms with Gasteiger partial charge in [-0.15, -0.1) is 5.10 Å². The minimum atomic E-state index is -0.777. The number of nitrogen functional groups attached to an aromatic ring is 1. The summed E-state index contributed by atoms with van der Waals surface area (Å²) in [7, 11) is 0. The lowest BCUT2D eigenvalue weighted by Crippen LogP contribution is -2.12. The number of nitrogens with two attached hydrogens (primary N) is 1. The van der Waals surface area contributed by atoms with E-state index in [-0.39, 0.29) is 35.8 Å². The Morgan fingerprint density at radius 1 is 1.03 bits per heavy atom. The fraction of sp³-hybridized carbons (Fsp3) is 0.250. The van der Waals surface area contributed by atoms with E-state index in [1.54, 1.807) is 30.5 Å². The maximum atomic E-state index is 15.1. The van der Waals surface area contributed by atoms with Crippen molar-refractivity contribution >= 4 is 11.6 Å². The predicted octanol–water partition coefficient (Wildman–Crippen LogP) is 5.60. The molecule has 2 heterocycles. The summed E-state index contributed by atoms with van der Waals surface area (Å²) in [5.41, 5.74) is 7.75. The highest BCUT2D eigenvalue weighted by molar-refractivity contribution is 5.69. The lowest BCUT2D eigenvalue weighted by atomic mass is 9.87. The van der Waals surface area contributed by atoms with Gasteiger partial charge in [-0.1, -0.05) is 26.0 Å². The second kappa shape index (κ2) is 8.90. The molecule has 2 N–H and O–H groups in total. The molecule has 0 fully saturated rings. The molecular formula is C24H23F3N4O. The molecule has 166 valence electrons. The van der Waals surface area contributed by atoms with Crippen molar-refractivity contribution < 1.29 is 17.9 Å². The molecule has 0 aliphatic carbocycles. The number of pyridine rings is 1. The Morgan fingerprint density at radius 3 is 2.53 bits per heavy atom. The lowest BCUT2D eigenvalue weighted by Gasteiger charge is -2.21. The van der Waals surface area contributed by atoms with E-state index in [1.165, 1.54) is 28.8 Å². The average Bonchev–Trinajstić information content (AvgIpc) is 3.15. The SMILES string of the molecule is CC(c1ccc(F)cc1)[C@@H](C)CCOc1c(F)ccc(-c2ccn3nc(N)nc3c2)c1F. The normalized spacial score (nSPS) is 13.3. The van der Waals surface area contributed by atoms with Crippen molar-refractivity contribution in [1.82, 2.24) is 14.6 Å². The van der Waals surface area contributed by atoms with Crippen LogP contribution in [0.25, 0.3) is 16.8 Å². The third-order valence-corrected chi connectivity index (χ3v) is 5.78. The van der Waals surface area contributed by atoms with Gasteiger partial charge in [-0.3, -0.25) is 0 Å². The number of benzene rings is 2. The molecule has 4 rings (SSSR count). The molecule has 0 aliphatic heterocycles. The highest BCUT2D eigenvalue weighted by Gasteiger charge is 2.19. The first kappa shape index (κ1) is 21.7. The molecule has 2 aromatic carbocycles. The number of halogens is 3. The molecule has 2 aromatic heterocycles. The summed E-state index contributed by atoms with van der Waals surface area (Å²) >= 11 is 0. The second-order valence-corrected chi connectivity index (χ2v) is 7.88. The largest absolute Gasteiger partial charge is 0.488 e. The van der Waals surface area contributed by atoms with Crippen LogP contribution in [0.5, 0.6) is 5.75 Å². The van der Waals surface area contributed by atoms with Gasteiger partial charge in [0.05, 0.1) is 6.61 Å². The van der Waals surface area contributed by atoms with Gasteiger partial charge in [0.2, 0.25) is 5.95 Å². The molecule has 0 saturated heterocycles. The molecule has 8 heteroatoms. The number of nitrogens with zero attached hydrogens (tertiary/aromatic N) is 3. The van der Waals surface area contributed by atoms with Crippen molar-refractivity contribution in [3.8, 4) is 16.9 Å². The Labute approximate surface area is 183 Å². The van der Waals surface area contributed by atoms with Crippen LogP contribution in [0.15, 0.2) is 54.7 Å². The van der Waals surface area contributed by atoms with Crippen LogP contribution in [0.3, 0.4) is 0 Å². The summed E-state index contributed by atoms with van der Waals surface area (Å²) in [6.07, 6.45) is 2.18. The molecule has 4 aromatic rings. The van der Waals surface area contributed by atoms with Crippen LogP contribution in [-0.4, -0.2) is 21.2 Å². The van der Waals surface area contributed by atoms with E-state index in [0.29, 0.717) is 17.6 Å². The second-order valence-electron chi connectivity index (χ2n) is 7.88. The van der Waals surface area contributed by atoms with Gasteiger partial charge in [-0.05, 0) is 65.8 Å². The van der Waals surface area contributed by atoms with Crippen molar-refractivity contribution in [3.63, 3.8) is 0 Å². The standard InChI is InChI=1S/C24H23F3N4O/c1-14(15(2)16-3-5-18(25)6-4-16)10-12-32-23-20(26)8-7-19(22(23)27)17-9-11-31-21(13-17)29-24(28)30-31/h3-9,11,13-15H,10,12H2,1-2H3,(H2,28,30)/t14-,15?/m0/s1. The minimum Gasteiger partial charge on any atom is -0.488 e. The molecule has 0 saturated carbocycles. The first-order valence-electron chi connectivity index (χ1n) is 10.3. The van der Waals surface area contributed by atoms with E-state index < -0.39 is 17.4 Å². The van der Waals surface area contributed by atoms with Gasteiger partial charge < -0.3 is 10.5 Å². The van der Waals surface area contributed by atoms with Crippen LogP contribution in [-0.2, 0) is 0 Å². The van der Waals surface area contributed by atoms with Gasteiger partial charge in [0.15, 0.2) is 23.0 Å². The molecule has 0 amide bonds. The molecule has 0 radical (unpaired) electrons. The summed E-state index contributed by atoms with van der Waals surface area (Å²) in [5.74, 6) is -1.83. The summed E-state index contributed by atoms with van der Waals surface area (Å²) in [5, 5.41) is 3.99. The zero-order valence-corrected chi connectivity index (χ0v) is 17.7. The molecule has 0 aliphatic rings. The van der Waals surface area contributed by atoms with Gasteiger partial charge in [-0.2, -0.15) is 4.98 Å². The average molecular weight is 440 g/mol. The monoisotopic (exact) mass is 440 g/mol. The quantitative estimate of drug-likeness (QED) is 0.406. The zero-order valence-electron chi connectivity index (χ0n) is 17.7. The van der Waals surface area contributed by atoms with Crippen LogP contribution in [0.2, 0.25) is 0 Å². The first-order chi connectivity index (χ1) is 15.3. The Balaban J connectivity index is 1.48. The number of fused-ring (bicyclic) bond motifs is 1. The molecule has 5 nitrogen and oxygen atoms in total. The van der Waals surface area contributed by atoms with Crippen LogP contribution in [0, 0.1) is 23.4 Å². The molecule has 2 atom stereocenters. The number of aromatic nitrogens is 3. The Kier molecular flexibility index (Phi) is 6.03. The van der Waals surface area contributed by atoms with Gasteiger partial charge in [0, 0.05) is 11.8 Å². The van der Waals surface area contributed by atoms with E-state index in [4.69, 9.17) is 10.5 Å². The van der Waals surface area contributed by atoms with Crippen LogP contribution >= 0.6 is 0 Å². The maximum Gasteiger partial charge on any atom is 0.240 e. The number of ether oxygens (including phenoxy) is 1. The van der Waals surface area contributed by atoms with Crippen LogP contribution < -0.4 is 10.5 Å². The highest BCUT2D eigenvalue weighted by atomic mass is 19.1. The first-order valence-corrected chi connectivity index (χ1v) is 10.3. The molecular weight excluding hydrogens is 417 g/mol. The number of hydrogen-bond acceptors (Lipinski definition) is 4. The summed E-state index contributed by atoms with van der Waals surface area (Å²) in [6, 6.07) is 12.2. The van der Waals surface area contributed by atoms with Crippen LogP contribution in [0.4, 0.5) is 19.1 Å². The molecule has 32 heavy (non-hydrogen) atoms. The smallest absolute Gasteiger partial charge is 0.240 e. The van der Waals surface area contributed by atoms with E-state index in [1.807, 2.05) is 13.8 Å². The van der Waals surface area contributed by atoms with Gasteiger partial charge >= 0.3 is 0 Å². The lowest BCUT2D eigenvalue weighted by molar-refractivity contribution is 0.251. The van der Waals surface area contributed by atoms with Gasteiger partial charge in [0.1, 0.15) is 5.82 Å². The Hall–Kier alpha value is -3.55. The number of hydrogen-bond donors (Lipinski definition) is 1. The van der Waals surface area contributed by atoms with Crippen molar-refractivity contribution in [2.75, 3.05) is 12.3 Å². The van der Waals surface area contributed by atoms with Crippen molar-refractivity contribution in [3.05, 3.63) is 77.7 Å². The topological polar surface area (TPSA) is 65.4 Å². The zero-order chi connectivity index (χ0) is 22.8. The van der Waals surface area contributed by atoms with Crippen LogP contribution in [0.1, 0.15) is 31.7 Å². The maximum absolute atomic E-state index is 15.1. The number of rotatable bonds is 7. The fourth-order valence-electron chi connectivity index (χ4n) is 3.65. The Morgan fingerprint density at radius 2 is 1.78 bits per heavy atom. The third-order valence-electron chi connectivity index (χ3n) is 5.78. The molecule has 0 spiro atoms. The summed E-state index contributed by atoms with van der Waals surface area (Å²) < 4.78 is 49.6. The van der Waals surface area contributed by atoms with Gasteiger partial charge in [-0.25, -0.2) is 17.7 Å². The van der Waals surface area contributed by atoms with Crippen molar-refractivity contribution in [2.24, 2.45) is 5.92 Å². The van der Waals surface area contributed by atoms with Crippen molar-refractivity contribution in [1.29, 1.82) is 0 Å². The Bertz CT molecular complexity index is 1240. The molecule has 0 bridgehead atoms. The summed E-state index contributed by atoms with van der Waals surface area (Å²) in [4.78, 5) is 4.07. The van der Waals surface area contributed by atoms with E-state index in [2.05, 4.69) is 10.1 Å². The van der Waals surface area contributed by atoms with E-state index >= 15 is 4.39 Å². The predicted molar refractivity (Wildman–Crippen MR) is 117 cm³/mol. The highest BCUT2D eigenvalue weighted by Crippen LogP contribution is 2.33. The van der Waals surface area contributed by atoms with Crippen molar-refractivity contribution in [2.45, 2.75) is 26.2 Å². The minimum absolute atomic E-state index is 0.106. The third kappa shape index (κ3) is 4.39. The van der Waals surface area contributed by atoms with Gasteiger partial charge in [0.25, 0.3) is 0 Å². The number of anilines is 1. The van der Waals surface area contributed by atoms with E-state index in [9.17, 15) is 8.78 Å². The molecule has 1 unspecified atom stereocenters. The summed E-state index contributed by atoms with van der Waals surface area (Å²) in [6.45, 7) is 4.21. The fourth-order valence-corrected chi connectivity index (χ4v) is 3.65. The van der Waals surface area contributed by atoms with E-state index in [0.717, 1.165) is 5.56 Å².